The molecule has 0 heterocycles. The molecule has 140 valence electrons. The van der Waals surface area contributed by atoms with E-state index in [-0.39, 0.29) is 0 Å². The molecular formula is C26H24O2. The summed E-state index contributed by atoms with van der Waals surface area (Å²) in [6.45, 7) is 0. The highest BCUT2D eigenvalue weighted by Gasteiger charge is 2.49. The first kappa shape index (κ1) is 17.4. The maximum atomic E-state index is 11.5. The molecule has 3 aromatic carbocycles. The van der Waals surface area contributed by atoms with E-state index in [1.807, 2.05) is 48.5 Å². The van der Waals surface area contributed by atoms with Crippen LogP contribution in [-0.4, -0.2) is 10.2 Å². The average Bonchev–Trinajstić information content (AvgIpc) is 3.29. The first-order valence-corrected chi connectivity index (χ1v) is 9.95. The van der Waals surface area contributed by atoms with Gasteiger partial charge < -0.3 is 10.2 Å². The van der Waals surface area contributed by atoms with Gasteiger partial charge in [-0.15, -0.1) is 0 Å². The van der Waals surface area contributed by atoms with E-state index >= 15 is 0 Å². The van der Waals surface area contributed by atoms with Gasteiger partial charge in [0.15, 0.2) is 0 Å². The van der Waals surface area contributed by atoms with Gasteiger partial charge in [0.05, 0.1) is 12.2 Å². The molecule has 0 amide bonds. The van der Waals surface area contributed by atoms with Crippen molar-refractivity contribution in [3.05, 3.63) is 112 Å². The van der Waals surface area contributed by atoms with Gasteiger partial charge in [-0.2, -0.15) is 0 Å². The molecule has 2 N–H and O–H groups in total. The molecule has 0 radical (unpaired) electrons. The molecule has 0 aromatic heterocycles. The fourth-order valence-corrected chi connectivity index (χ4v) is 5.04. The summed E-state index contributed by atoms with van der Waals surface area (Å²) in [6, 6.07) is 26.4. The number of benzene rings is 3. The summed E-state index contributed by atoms with van der Waals surface area (Å²) >= 11 is 0. The Kier molecular flexibility index (Phi) is 4.19. The lowest BCUT2D eigenvalue weighted by molar-refractivity contribution is 0.0189. The normalized spacial score (nSPS) is 23.8. The third kappa shape index (κ3) is 2.72. The van der Waals surface area contributed by atoms with Gasteiger partial charge in [-0.3, -0.25) is 0 Å². The molecule has 2 aliphatic carbocycles. The molecule has 3 atom stereocenters. The highest BCUT2D eigenvalue weighted by atomic mass is 16.3. The van der Waals surface area contributed by atoms with E-state index in [1.165, 1.54) is 22.3 Å². The SMILES string of the molecule is OC(CC1(C2=Cc3ccccc3C2)Cc2ccccc2C1O)c1ccccc1. The van der Waals surface area contributed by atoms with Crippen LogP contribution in [0, 0.1) is 5.41 Å². The third-order valence-electron chi connectivity index (χ3n) is 6.53. The van der Waals surface area contributed by atoms with Crippen LogP contribution in [0.5, 0.6) is 0 Å². The van der Waals surface area contributed by atoms with Gasteiger partial charge in [0.2, 0.25) is 0 Å². The van der Waals surface area contributed by atoms with Gasteiger partial charge in [0.25, 0.3) is 0 Å². The van der Waals surface area contributed by atoms with Crippen molar-refractivity contribution < 1.29 is 10.2 Å². The van der Waals surface area contributed by atoms with Gasteiger partial charge in [-0.05, 0) is 47.1 Å². The molecule has 3 aromatic rings. The summed E-state index contributed by atoms with van der Waals surface area (Å²) in [6.07, 6.45) is 3.11. The molecule has 3 unspecified atom stereocenters. The van der Waals surface area contributed by atoms with Crippen molar-refractivity contribution in [2.45, 2.75) is 31.5 Å². The Morgan fingerprint density at radius 3 is 2.29 bits per heavy atom. The van der Waals surface area contributed by atoms with E-state index in [1.54, 1.807) is 0 Å². The van der Waals surface area contributed by atoms with Crippen molar-refractivity contribution in [1.82, 2.24) is 0 Å². The first-order chi connectivity index (χ1) is 13.7. The Morgan fingerprint density at radius 2 is 1.54 bits per heavy atom. The van der Waals surface area contributed by atoms with Crippen LogP contribution in [0.1, 0.15) is 46.4 Å². The molecule has 0 saturated heterocycles. The largest absolute Gasteiger partial charge is 0.388 e. The summed E-state index contributed by atoms with van der Waals surface area (Å²) in [7, 11) is 0. The first-order valence-electron chi connectivity index (χ1n) is 9.95. The van der Waals surface area contributed by atoms with Crippen LogP contribution in [0.25, 0.3) is 6.08 Å². The Hall–Kier alpha value is -2.68. The maximum Gasteiger partial charge on any atom is 0.0890 e. The standard InChI is InChI=1S/C26H24O2/c27-24(18-8-2-1-3-9-18)17-26(16-21-12-6-7-13-23(21)25(26)28)22-14-19-10-4-5-11-20(19)15-22/h1-14,24-25,27-28H,15-17H2. The molecule has 2 nitrogen and oxygen atoms in total. The van der Waals surface area contributed by atoms with Crippen LogP contribution in [0.15, 0.2) is 84.4 Å². The van der Waals surface area contributed by atoms with Crippen molar-refractivity contribution in [2.75, 3.05) is 0 Å². The maximum absolute atomic E-state index is 11.5. The Labute approximate surface area is 165 Å². The number of aliphatic hydroxyl groups is 2. The smallest absolute Gasteiger partial charge is 0.0890 e. The van der Waals surface area contributed by atoms with E-state index < -0.39 is 17.6 Å². The molecule has 0 bridgehead atoms. The van der Waals surface area contributed by atoms with Crippen molar-refractivity contribution in [1.29, 1.82) is 0 Å². The fourth-order valence-electron chi connectivity index (χ4n) is 5.04. The van der Waals surface area contributed by atoms with Gasteiger partial charge in [0, 0.05) is 5.41 Å². The van der Waals surface area contributed by atoms with Crippen LogP contribution in [0.3, 0.4) is 0 Å². The minimum atomic E-state index is -0.616. The van der Waals surface area contributed by atoms with Crippen molar-refractivity contribution >= 4 is 6.08 Å². The fraction of sp³-hybridized carbons (Fsp3) is 0.231. The van der Waals surface area contributed by atoms with Crippen LogP contribution in [0.4, 0.5) is 0 Å². The second kappa shape index (κ2) is 6.73. The summed E-state index contributed by atoms with van der Waals surface area (Å²) in [5.74, 6) is 0. The van der Waals surface area contributed by atoms with Crippen molar-refractivity contribution in [3.63, 3.8) is 0 Å². The van der Waals surface area contributed by atoms with E-state index in [9.17, 15) is 10.2 Å². The molecule has 2 aliphatic rings. The summed E-state index contributed by atoms with van der Waals surface area (Å²) in [5, 5.41) is 22.6. The molecule has 0 aliphatic heterocycles. The molecule has 5 rings (SSSR count). The minimum Gasteiger partial charge on any atom is -0.388 e. The zero-order valence-electron chi connectivity index (χ0n) is 15.8. The number of fused-ring (bicyclic) bond motifs is 2. The molecule has 2 heteroatoms. The highest BCUT2D eigenvalue weighted by molar-refractivity contribution is 5.66. The average molecular weight is 368 g/mol. The minimum absolute atomic E-state index is 0.488. The van der Waals surface area contributed by atoms with Gasteiger partial charge in [-0.1, -0.05) is 90.5 Å². The van der Waals surface area contributed by atoms with Crippen LogP contribution in [0.2, 0.25) is 0 Å². The predicted molar refractivity (Wildman–Crippen MR) is 112 cm³/mol. The van der Waals surface area contributed by atoms with Crippen molar-refractivity contribution in [2.24, 2.45) is 5.41 Å². The summed E-state index contributed by atoms with van der Waals surface area (Å²) in [4.78, 5) is 0. The Bertz CT molecular complexity index is 1040. The molecule has 0 fully saturated rings. The third-order valence-corrected chi connectivity index (χ3v) is 6.53. The zero-order valence-corrected chi connectivity index (χ0v) is 15.8. The van der Waals surface area contributed by atoms with E-state index in [0.29, 0.717) is 6.42 Å². The molecule has 0 spiro atoms. The molecular weight excluding hydrogens is 344 g/mol. The lowest BCUT2D eigenvalue weighted by atomic mass is 9.70. The second-order valence-electron chi connectivity index (χ2n) is 8.11. The van der Waals surface area contributed by atoms with E-state index in [2.05, 4.69) is 36.4 Å². The monoisotopic (exact) mass is 368 g/mol. The summed E-state index contributed by atoms with van der Waals surface area (Å²) < 4.78 is 0. The number of hydrogen-bond donors (Lipinski definition) is 2. The highest BCUT2D eigenvalue weighted by Crippen LogP contribution is 2.57. The Morgan fingerprint density at radius 1 is 0.857 bits per heavy atom. The molecule has 28 heavy (non-hydrogen) atoms. The number of rotatable bonds is 4. The van der Waals surface area contributed by atoms with E-state index in [0.717, 1.165) is 24.0 Å². The van der Waals surface area contributed by atoms with Gasteiger partial charge in [-0.25, -0.2) is 0 Å². The number of hydrogen-bond acceptors (Lipinski definition) is 2. The lowest BCUT2D eigenvalue weighted by Crippen LogP contribution is -2.31. The number of aliphatic hydroxyl groups excluding tert-OH is 2. The molecule has 0 saturated carbocycles. The predicted octanol–water partition coefficient (Wildman–Crippen LogP) is 5.03. The van der Waals surface area contributed by atoms with Gasteiger partial charge in [0.1, 0.15) is 0 Å². The second-order valence-corrected chi connectivity index (χ2v) is 8.11. The van der Waals surface area contributed by atoms with Crippen LogP contribution in [-0.2, 0) is 12.8 Å². The summed E-state index contributed by atoms with van der Waals surface area (Å²) in [5.41, 5.74) is 6.36. The van der Waals surface area contributed by atoms with Crippen molar-refractivity contribution in [3.8, 4) is 0 Å². The van der Waals surface area contributed by atoms with Crippen LogP contribution >= 0.6 is 0 Å². The quantitative estimate of drug-likeness (QED) is 0.678. The lowest BCUT2D eigenvalue weighted by Gasteiger charge is -2.37. The zero-order chi connectivity index (χ0) is 19.1. The van der Waals surface area contributed by atoms with E-state index in [4.69, 9.17) is 0 Å². The van der Waals surface area contributed by atoms with Crippen LogP contribution < -0.4 is 0 Å². The van der Waals surface area contributed by atoms with Gasteiger partial charge >= 0.3 is 0 Å². The topological polar surface area (TPSA) is 40.5 Å². The Balaban J connectivity index is 1.57.